The first-order valence-electron chi connectivity index (χ1n) is 5.06. The van der Waals surface area contributed by atoms with Crippen molar-refractivity contribution in [2.24, 2.45) is 4.99 Å². The Labute approximate surface area is 99.3 Å². The molecule has 17 heavy (non-hydrogen) atoms. The number of isocyanates is 1. The number of carbonyl (C=O) groups excluding carboxylic acids is 3. The van der Waals surface area contributed by atoms with Crippen molar-refractivity contribution >= 4 is 18.0 Å². The fourth-order valence-corrected chi connectivity index (χ4v) is 0.924. The molecule has 0 fully saturated rings. The average molecular weight is 241 g/mol. The van der Waals surface area contributed by atoms with E-state index in [9.17, 15) is 14.4 Å². The Bertz CT molecular complexity index is 344. The number of aliphatic imine (C=N–C) groups is 1. The molecule has 0 aliphatic heterocycles. The minimum absolute atomic E-state index is 0.132. The van der Waals surface area contributed by atoms with Gasteiger partial charge in [-0.2, -0.15) is 4.99 Å². The summed E-state index contributed by atoms with van der Waals surface area (Å²) >= 11 is 0. The van der Waals surface area contributed by atoms with Crippen LogP contribution in [0.3, 0.4) is 0 Å². The average Bonchev–Trinajstić information content (AvgIpc) is 2.25. The predicted molar refractivity (Wildman–Crippen MR) is 58.9 cm³/mol. The van der Waals surface area contributed by atoms with Crippen LogP contribution in [0.15, 0.2) is 17.1 Å². The molecule has 0 N–H and O–H groups in total. The normalized spacial score (nSPS) is 10.9. The third-order valence-corrected chi connectivity index (χ3v) is 1.70. The number of esters is 2. The van der Waals surface area contributed by atoms with Crippen LogP contribution in [0.2, 0.25) is 0 Å². The van der Waals surface area contributed by atoms with Gasteiger partial charge in [0.25, 0.3) is 0 Å². The Morgan fingerprint density at radius 3 is 2.53 bits per heavy atom. The van der Waals surface area contributed by atoms with E-state index in [1.807, 2.05) is 0 Å². The van der Waals surface area contributed by atoms with Crippen LogP contribution in [0, 0.1) is 0 Å². The molecule has 0 spiro atoms. The Balaban J connectivity index is 4.25. The molecule has 0 bridgehead atoms. The molecule has 0 rings (SSSR count). The zero-order valence-corrected chi connectivity index (χ0v) is 9.89. The van der Waals surface area contributed by atoms with E-state index in [4.69, 9.17) is 4.74 Å². The number of carbonyl (C=O) groups is 2. The molecular weight excluding hydrogens is 226 g/mol. The van der Waals surface area contributed by atoms with Crippen molar-refractivity contribution < 1.29 is 23.9 Å². The highest BCUT2D eigenvalue weighted by Gasteiger charge is 2.16. The van der Waals surface area contributed by atoms with Crippen LogP contribution in [0.5, 0.6) is 0 Å². The van der Waals surface area contributed by atoms with Crippen molar-refractivity contribution in [3.8, 4) is 0 Å². The van der Waals surface area contributed by atoms with Crippen molar-refractivity contribution in [2.45, 2.75) is 26.3 Å². The van der Waals surface area contributed by atoms with Crippen LogP contribution in [-0.4, -0.2) is 37.3 Å². The summed E-state index contributed by atoms with van der Waals surface area (Å²) in [7, 11) is 0. The van der Waals surface area contributed by atoms with Gasteiger partial charge in [0.05, 0.1) is 13.0 Å². The minimum atomic E-state index is -0.769. The van der Waals surface area contributed by atoms with Crippen molar-refractivity contribution in [3.63, 3.8) is 0 Å². The summed E-state index contributed by atoms with van der Waals surface area (Å²) in [5.74, 6) is -1.11. The molecule has 6 nitrogen and oxygen atoms in total. The van der Waals surface area contributed by atoms with Crippen LogP contribution in [0.4, 0.5) is 0 Å². The maximum Gasteiger partial charge on any atom is 0.333 e. The summed E-state index contributed by atoms with van der Waals surface area (Å²) in [6.45, 7) is 6.61. The van der Waals surface area contributed by atoms with E-state index in [1.54, 1.807) is 6.92 Å². The lowest BCUT2D eigenvalue weighted by Gasteiger charge is -2.10. The Kier molecular flexibility index (Phi) is 7.30. The van der Waals surface area contributed by atoms with Gasteiger partial charge in [-0.3, -0.25) is 4.79 Å². The van der Waals surface area contributed by atoms with E-state index < -0.39 is 18.0 Å². The van der Waals surface area contributed by atoms with Gasteiger partial charge in [0.2, 0.25) is 6.08 Å². The quantitative estimate of drug-likeness (QED) is 0.284. The maximum atomic E-state index is 11.1. The van der Waals surface area contributed by atoms with Gasteiger partial charge in [0.1, 0.15) is 12.6 Å². The lowest BCUT2D eigenvalue weighted by atomic mass is 10.2. The van der Waals surface area contributed by atoms with E-state index in [2.05, 4.69) is 16.3 Å². The van der Waals surface area contributed by atoms with Crippen molar-refractivity contribution in [1.82, 2.24) is 0 Å². The van der Waals surface area contributed by atoms with Gasteiger partial charge in [0.15, 0.2) is 0 Å². The Morgan fingerprint density at radius 2 is 2.06 bits per heavy atom. The van der Waals surface area contributed by atoms with Gasteiger partial charge in [-0.1, -0.05) is 6.58 Å². The SMILES string of the molecule is C=C(C)C(=O)OCC(CC(=O)OCC)N=C=O. The molecule has 94 valence electrons. The summed E-state index contributed by atoms with van der Waals surface area (Å²) in [5, 5.41) is 0. The first-order valence-corrected chi connectivity index (χ1v) is 5.06. The van der Waals surface area contributed by atoms with Gasteiger partial charge < -0.3 is 9.47 Å². The number of nitrogens with zero attached hydrogens (tertiary/aromatic N) is 1. The largest absolute Gasteiger partial charge is 0.466 e. The molecule has 0 heterocycles. The second-order valence-electron chi connectivity index (χ2n) is 3.26. The maximum absolute atomic E-state index is 11.1. The zero-order chi connectivity index (χ0) is 13.3. The smallest absolute Gasteiger partial charge is 0.333 e. The van der Waals surface area contributed by atoms with Gasteiger partial charge in [-0.05, 0) is 13.8 Å². The topological polar surface area (TPSA) is 82.0 Å². The highest BCUT2D eigenvalue weighted by atomic mass is 16.5. The molecule has 0 aromatic carbocycles. The van der Waals surface area contributed by atoms with E-state index in [0.29, 0.717) is 0 Å². The molecule has 0 radical (unpaired) electrons. The lowest BCUT2D eigenvalue weighted by Crippen LogP contribution is -2.22. The second-order valence-corrected chi connectivity index (χ2v) is 3.26. The molecule has 1 atom stereocenters. The molecule has 0 aromatic heterocycles. The summed E-state index contributed by atoms with van der Waals surface area (Å²) in [6, 6.07) is -0.769. The summed E-state index contributed by atoms with van der Waals surface area (Å²) in [6.07, 6.45) is 1.19. The summed E-state index contributed by atoms with van der Waals surface area (Å²) in [5.41, 5.74) is 0.231. The van der Waals surface area contributed by atoms with E-state index >= 15 is 0 Å². The van der Waals surface area contributed by atoms with Gasteiger partial charge in [-0.15, -0.1) is 0 Å². The lowest BCUT2D eigenvalue weighted by molar-refractivity contribution is -0.146. The summed E-state index contributed by atoms with van der Waals surface area (Å²) in [4.78, 5) is 35.7. The molecule has 0 aliphatic rings. The van der Waals surface area contributed by atoms with E-state index in [1.165, 1.54) is 13.0 Å². The van der Waals surface area contributed by atoms with Gasteiger partial charge >= 0.3 is 11.9 Å². The minimum Gasteiger partial charge on any atom is -0.466 e. The summed E-state index contributed by atoms with van der Waals surface area (Å²) < 4.78 is 9.46. The van der Waals surface area contributed by atoms with Crippen molar-refractivity contribution in [1.29, 1.82) is 0 Å². The third kappa shape index (κ3) is 7.03. The van der Waals surface area contributed by atoms with Crippen molar-refractivity contribution in [3.05, 3.63) is 12.2 Å². The molecular formula is C11H15NO5. The van der Waals surface area contributed by atoms with Crippen LogP contribution in [0.1, 0.15) is 20.3 Å². The highest BCUT2D eigenvalue weighted by Crippen LogP contribution is 2.03. The van der Waals surface area contributed by atoms with Crippen LogP contribution in [0.25, 0.3) is 0 Å². The van der Waals surface area contributed by atoms with Crippen LogP contribution in [-0.2, 0) is 23.9 Å². The number of rotatable bonds is 7. The van der Waals surface area contributed by atoms with Crippen LogP contribution < -0.4 is 0 Å². The molecule has 1 unspecified atom stereocenters. The first kappa shape index (κ1) is 15.1. The molecule has 6 heteroatoms. The number of hydrogen-bond acceptors (Lipinski definition) is 6. The molecule has 0 aromatic rings. The van der Waals surface area contributed by atoms with Crippen molar-refractivity contribution in [2.75, 3.05) is 13.2 Å². The monoisotopic (exact) mass is 241 g/mol. The van der Waals surface area contributed by atoms with Gasteiger partial charge in [0, 0.05) is 5.57 Å². The zero-order valence-electron chi connectivity index (χ0n) is 9.89. The standard InChI is InChI=1S/C11H15NO5/c1-4-16-10(14)5-9(12-7-13)6-17-11(15)8(2)3/h9H,2,4-6H2,1,3H3. The third-order valence-electron chi connectivity index (χ3n) is 1.70. The predicted octanol–water partition coefficient (Wildman–Crippen LogP) is 0.763. The fraction of sp³-hybridized carbons (Fsp3) is 0.545. The molecule has 0 saturated heterocycles. The van der Waals surface area contributed by atoms with E-state index in [0.717, 1.165) is 0 Å². The van der Waals surface area contributed by atoms with Crippen LogP contribution >= 0.6 is 0 Å². The van der Waals surface area contributed by atoms with Gasteiger partial charge in [-0.25, -0.2) is 9.59 Å². The second kappa shape index (κ2) is 8.24. The molecule has 0 saturated carbocycles. The number of hydrogen-bond donors (Lipinski definition) is 0. The Hall–Kier alpha value is -1.94. The first-order chi connectivity index (χ1) is 8.01. The number of ether oxygens (including phenoxy) is 2. The molecule has 0 aliphatic carbocycles. The molecule has 0 amide bonds. The Morgan fingerprint density at radius 1 is 1.41 bits per heavy atom. The van der Waals surface area contributed by atoms with E-state index in [-0.39, 0.29) is 25.2 Å². The fourth-order valence-electron chi connectivity index (χ4n) is 0.924. The highest BCUT2D eigenvalue weighted by molar-refractivity contribution is 5.87.